The van der Waals surface area contributed by atoms with E-state index in [4.69, 9.17) is 9.84 Å². The SMILES string of the molecule is CCn1cc(CC(C)CO)c2ccccc21.COc1ccc2nc(-c3cc(F)c(OC)c(F)c3)cc(C(C)=O)c2c1. The first-order chi connectivity index (χ1) is 19.7. The molecule has 41 heavy (non-hydrogen) atoms. The zero-order valence-electron chi connectivity index (χ0n) is 23.9. The smallest absolute Gasteiger partial charge is 0.190 e. The Morgan fingerprint density at radius 3 is 2.32 bits per heavy atom. The second-order valence-electron chi connectivity index (χ2n) is 9.92. The summed E-state index contributed by atoms with van der Waals surface area (Å²) in [6, 6.07) is 17.4. The molecule has 0 aliphatic carbocycles. The second kappa shape index (κ2) is 12.9. The van der Waals surface area contributed by atoms with Gasteiger partial charge in [0.2, 0.25) is 0 Å². The number of methoxy groups -OCH3 is 2. The third kappa shape index (κ3) is 6.38. The van der Waals surface area contributed by atoms with Gasteiger partial charge in [0.15, 0.2) is 23.2 Å². The zero-order valence-corrected chi connectivity index (χ0v) is 23.9. The molecule has 0 amide bonds. The van der Waals surface area contributed by atoms with Crippen LogP contribution in [0.15, 0.2) is 66.9 Å². The molecule has 0 aliphatic rings. The molecule has 0 aliphatic heterocycles. The van der Waals surface area contributed by atoms with E-state index in [0.717, 1.165) is 25.1 Å². The average molecular weight is 561 g/mol. The second-order valence-corrected chi connectivity index (χ2v) is 9.92. The fraction of sp³-hybridized carbons (Fsp3) is 0.273. The number of hydrogen-bond donors (Lipinski definition) is 1. The predicted molar refractivity (Wildman–Crippen MR) is 158 cm³/mol. The van der Waals surface area contributed by atoms with Crippen molar-refractivity contribution in [3.8, 4) is 22.8 Å². The van der Waals surface area contributed by atoms with Crippen molar-refractivity contribution in [1.82, 2.24) is 9.55 Å². The number of nitrogens with zero attached hydrogens (tertiary/aromatic N) is 2. The standard InChI is InChI=1S/C19H15F2NO3.C14H19NO/c1-10(23)13-9-18(11-6-15(20)19(25-3)16(21)7-11)22-17-5-4-12(24-2)8-14(13)17;1-3-15-9-12(8-11(2)10-16)13-6-4-5-7-14(13)15/h4-9H,1-3H3;4-7,9,11,16H,3,8,10H2,1-2H3. The molecule has 0 radical (unpaired) electrons. The zero-order chi connectivity index (χ0) is 29.7. The molecule has 1 N–H and O–H groups in total. The summed E-state index contributed by atoms with van der Waals surface area (Å²) in [5, 5.41) is 11.1. The van der Waals surface area contributed by atoms with Gasteiger partial charge in [0.1, 0.15) is 5.75 Å². The highest BCUT2D eigenvalue weighted by Crippen LogP contribution is 2.31. The molecule has 5 aromatic rings. The number of Topliss-reactive ketones (excluding diaryl/α,β-unsaturated/α-hetero) is 1. The topological polar surface area (TPSA) is 73.6 Å². The number of aliphatic hydroxyl groups excluding tert-OH is 1. The van der Waals surface area contributed by atoms with E-state index >= 15 is 0 Å². The summed E-state index contributed by atoms with van der Waals surface area (Å²) in [5.41, 5.74) is 4.08. The van der Waals surface area contributed by atoms with Crippen molar-refractivity contribution in [2.45, 2.75) is 33.7 Å². The fourth-order valence-electron chi connectivity index (χ4n) is 4.86. The molecule has 1 unspecified atom stereocenters. The van der Waals surface area contributed by atoms with Gasteiger partial charge in [0.25, 0.3) is 0 Å². The van der Waals surface area contributed by atoms with Crippen molar-refractivity contribution < 1.29 is 28.2 Å². The Labute approximate surface area is 238 Å². The van der Waals surface area contributed by atoms with Crippen LogP contribution in [0.1, 0.15) is 36.7 Å². The van der Waals surface area contributed by atoms with Crippen LogP contribution in [0, 0.1) is 17.6 Å². The Kier molecular flexibility index (Phi) is 9.35. The van der Waals surface area contributed by atoms with Gasteiger partial charge in [-0.2, -0.15) is 0 Å². The van der Waals surface area contributed by atoms with Gasteiger partial charge in [0, 0.05) is 46.8 Å². The van der Waals surface area contributed by atoms with Gasteiger partial charge in [-0.3, -0.25) is 4.79 Å². The molecule has 5 rings (SSSR count). The number of aryl methyl sites for hydroxylation is 1. The van der Waals surface area contributed by atoms with E-state index in [1.807, 2.05) is 0 Å². The number of carbonyl (C=O) groups is 1. The van der Waals surface area contributed by atoms with Crippen LogP contribution in [0.25, 0.3) is 33.1 Å². The van der Waals surface area contributed by atoms with Crippen LogP contribution in [-0.4, -0.2) is 41.3 Å². The summed E-state index contributed by atoms with van der Waals surface area (Å²) in [6.07, 6.45) is 3.17. The largest absolute Gasteiger partial charge is 0.497 e. The van der Waals surface area contributed by atoms with Gasteiger partial charge in [-0.05, 0) is 74.2 Å². The number of carbonyl (C=O) groups excluding carboxylic acids is 1. The third-order valence-corrected chi connectivity index (χ3v) is 6.99. The molecule has 0 saturated heterocycles. The van der Waals surface area contributed by atoms with E-state index in [1.165, 1.54) is 43.7 Å². The third-order valence-electron chi connectivity index (χ3n) is 6.99. The summed E-state index contributed by atoms with van der Waals surface area (Å²) < 4.78 is 40.1. The number of hydrogen-bond acceptors (Lipinski definition) is 5. The van der Waals surface area contributed by atoms with Crippen molar-refractivity contribution >= 4 is 27.6 Å². The lowest BCUT2D eigenvalue weighted by molar-refractivity contribution is 0.101. The maximum atomic E-state index is 14.0. The van der Waals surface area contributed by atoms with Crippen LogP contribution in [0.3, 0.4) is 0 Å². The number of para-hydroxylation sites is 1. The summed E-state index contributed by atoms with van der Waals surface area (Å²) >= 11 is 0. The Morgan fingerprint density at radius 2 is 1.71 bits per heavy atom. The van der Waals surface area contributed by atoms with Gasteiger partial charge in [-0.15, -0.1) is 0 Å². The minimum absolute atomic E-state index is 0.184. The number of fused-ring (bicyclic) bond motifs is 2. The molecule has 3 aromatic carbocycles. The molecule has 1 atom stereocenters. The molecule has 2 heterocycles. The minimum Gasteiger partial charge on any atom is -0.497 e. The molecule has 2 aromatic heterocycles. The molecule has 0 saturated carbocycles. The van der Waals surface area contributed by atoms with Crippen LogP contribution in [0.4, 0.5) is 8.78 Å². The molecular formula is C33H34F2N2O4. The number of aliphatic hydroxyl groups is 1. The van der Waals surface area contributed by atoms with E-state index in [1.54, 1.807) is 18.2 Å². The predicted octanol–water partition coefficient (Wildman–Crippen LogP) is 7.23. The number of ether oxygens (including phenoxy) is 2. The quantitative estimate of drug-likeness (QED) is 0.203. The van der Waals surface area contributed by atoms with E-state index in [2.05, 4.69) is 58.6 Å². The Morgan fingerprint density at radius 1 is 1.00 bits per heavy atom. The lowest BCUT2D eigenvalue weighted by Crippen LogP contribution is -2.04. The van der Waals surface area contributed by atoms with Crippen molar-refractivity contribution in [3.63, 3.8) is 0 Å². The lowest BCUT2D eigenvalue weighted by Gasteiger charge is -2.11. The first kappa shape index (κ1) is 29.7. The first-order valence-electron chi connectivity index (χ1n) is 13.4. The van der Waals surface area contributed by atoms with E-state index in [0.29, 0.717) is 33.8 Å². The van der Waals surface area contributed by atoms with Crippen molar-refractivity contribution in [3.05, 3.63) is 89.6 Å². The highest BCUT2D eigenvalue weighted by molar-refractivity contribution is 6.07. The summed E-state index contributed by atoms with van der Waals surface area (Å²) in [6.45, 7) is 6.91. The average Bonchev–Trinajstić information content (AvgIpc) is 3.33. The number of rotatable bonds is 8. The van der Waals surface area contributed by atoms with Gasteiger partial charge in [-0.25, -0.2) is 13.8 Å². The maximum absolute atomic E-state index is 14.0. The van der Waals surface area contributed by atoms with Crippen LogP contribution in [-0.2, 0) is 13.0 Å². The lowest BCUT2D eigenvalue weighted by atomic mass is 10.0. The van der Waals surface area contributed by atoms with Gasteiger partial charge >= 0.3 is 0 Å². The summed E-state index contributed by atoms with van der Waals surface area (Å²) in [4.78, 5) is 16.5. The van der Waals surface area contributed by atoms with E-state index in [9.17, 15) is 13.6 Å². The maximum Gasteiger partial charge on any atom is 0.190 e. The molecule has 8 heteroatoms. The van der Waals surface area contributed by atoms with Crippen molar-refractivity contribution in [1.29, 1.82) is 0 Å². The monoisotopic (exact) mass is 560 g/mol. The summed E-state index contributed by atoms with van der Waals surface area (Å²) in [7, 11) is 2.72. The molecule has 0 bridgehead atoms. The van der Waals surface area contributed by atoms with Gasteiger partial charge in [-0.1, -0.05) is 25.1 Å². The minimum atomic E-state index is -0.835. The van der Waals surface area contributed by atoms with Gasteiger partial charge in [0.05, 0.1) is 25.4 Å². The normalized spacial score (nSPS) is 11.7. The molecule has 214 valence electrons. The molecule has 0 fully saturated rings. The fourth-order valence-corrected chi connectivity index (χ4v) is 4.86. The summed E-state index contributed by atoms with van der Waals surface area (Å²) in [5.74, 6) is -1.39. The van der Waals surface area contributed by atoms with E-state index in [-0.39, 0.29) is 18.0 Å². The van der Waals surface area contributed by atoms with Gasteiger partial charge < -0.3 is 19.1 Å². The number of pyridine rings is 1. The number of halogens is 2. The van der Waals surface area contributed by atoms with Crippen molar-refractivity contribution in [2.24, 2.45) is 5.92 Å². The van der Waals surface area contributed by atoms with Crippen LogP contribution < -0.4 is 9.47 Å². The van der Waals surface area contributed by atoms with Crippen LogP contribution in [0.2, 0.25) is 0 Å². The number of aromatic nitrogens is 2. The number of benzene rings is 3. The molecule has 0 spiro atoms. The van der Waals surface area contributed by atoms with Crippen LogP contribution >= 0.6 is 0 Å². The van der Waals surface area contributed by atoms with E-state index < -0.39 is 17.4 Å². The Bertz CT molecular complexity index is 1670. The molecular weight excluding hydrogens is 526 g/mol. The first-order valence-corrected chi connectivity index (χ1v) is 13.4. The highest BCUT2D eigenvalue weighted by Gasteiger charge is 2.16. The highest BCUT2D eigenvalue weighted by atomic mass is 19.1. The van der Waals surface area contributed by atoms with Crippen LogP contribution in [0.5, 0.6) is 11.5 Å². The Balaban J connectivity index is 0.000000208. The Hall–Kier alpha value is -4.30. The van der Waals surface area contributed by atoms with Crippen molar-refractivity contribution in [2.75, 3.05) is 20.8 Å². The number of ketones is 1. The molecule has 6 nitrogen and oxygen atoms in total.